The first-order valence-electron chi connectivity index (χ1n) is 6.93. The molecule has 1 fully saturated rings. The molecule has 19 heavy (non-hydrogen) atoms. The SMILES string of the molecule is CC(CCc1ccc(Br)cc1)NC(=O)C1CCCN1. The quantitative estimate of drug-likeness (QED) is 0.874. The maximum Gasteiger partial charge on any atom is 0.237 e. The molecule has 1 amide bonds. The maximum absolute atomic E-state index is 11.9. The van der Waals surface area contributed by atoms with Gasteiger partial charge >= 0.3 is 0 Å². The van der Waals surface area contributed by atoms with E-state index >= 15 is 0 Å². The number of carbonyl (C=O) groups is 1. The monoisotopic (exact) mass is 324 g/mol. The van der Waals surface area contributed by atoms with Gasteiger partial charge in [0.05, 0.1) is 6.04 Å². The highest BCUT2D eigenvalue weighted by atomic mass is 79.9. The van der Waals surface area contributed by atoms with Gasteiger partial charge in [0.2, 0.25) is 5.91 Å². The van der Waals surface area contributed by atoms with Gasteiger partial charge in [-0.1, -0.05) is 28.1 Å². The van der Waals surface area contributed by atoms with Crippen molar-refractivity contribution in [1.29, 1.82) is 0 Å². The minimum atomic E-state index is 0.0233. The van der Waals surface area contributed by atoms with E-state index in [4.69, 9.17) is 0 Å². The first-order chi connectivity index (χ1) is 9.15. The molecule has 2 N–H and O–H groups in total. The molecule has 104 valence electrons. The second-order valence-electron chi connectivity index (χ2n) is 5.22. The van der Waals surface area contributed by atoms with Crippen LogP contribution in [0.25, 0.3) is 0 Å². The molecule has 1 aliphatic heterocycles. The Morgan fingerprint density at radius 1 is 1.47 bits per heavy atom. The Balaban J connectivity index is 1.73. The van der Waals surface area contributed by atoms with Gasteiger partial charge in [0.25, 0.3) is 0 Å². The molecule has 0 saturated carbocycles. The molecule has 0 radical (unpaired) electrons. The number of benzene rings is 1. The number of carbonyl (C=O) groups excluding carboxylic acids is 1. The molecular weight excluding hydrogens is 304 g/mol. The van der Waals surface area contributed by atoms with E-state index in [1.165, 1.54) is 5.56 Å². The van der Waals surface area contributed by atoms with Crippen molar-refractivity contribution in [3.8, 4) is 0 Å². The Labute approximate surface area is 123 Å². The maximum atomic E-state index is 11.9. The number of amides is 1. The standard InChI is InChI=1S/C15H21BrN2O/c1-11(18-15(19)14-3-2-10-17-14)4-5-12-6-8-13(16)9-7-12/h6-9,11,14,17H,2-5,10H2,1H3,(H,18,19). The molecule has 0 aliphatic carbocycles. The average molecular weight is 325 g/mol. The Kier molecular flexibility index (Phi) is 5.40. The van der Waals surface area contributed by atoms with Crippen LogP contribution < -0.4 is 10.6 Å². The van der Waals surface area contributed by atoms with Gasteiger partial charge in [-0.05, 0) is 56.8 Å². The summed E-state index contributed by atoms with van der Waals surface area (Å²) in [5.41, 5.74) is 1.31. The molecular formula is C15H21BrN2O. The molecule has 1 aliphatic rings. The number of hydrogen-bond donors (Lipinski definition) is 2. The van der Waals surface area contributed by atoms with Crippen LogP contribution in [0.3, 0.4) is 0 Å². The first-order valence-corrected chi connectivity index (χ1v) is 7.72. The summed E-state index contributed by atoms with van der Waals surface area (Å²) < 4.78 is 1.10. The predicted octanol–water partition coefficient (Wildman–Crippen LogP) is 2.64. The summed E-state index contributed by atoms with van der Waals surface area (Å²) in [6, 6.07) is 8.60. The Morgan fingerprint density at radius 2 is 2.21 bits per heavy atom. The Morgan fingerprint density at radius 3 is 2.84 bits per heavy atom. The van der Waals surface area contributed by atoms with E-state index in [9.17, 15) is 4.79 Å². The van der Waals surface area contributed by atoms with Crippen molar-refractivity contribution >= 4 is 21.8 Å². The number of rotatable bonds is 5. The summed E-state index contributed by atoms with van der Waals surface area (Å²) >= 11 is 3.43. The summed E-state index contributed by atoms with van der Waals surface area (Å²) in [6.45, 7) is 3.04. The third kappa shape index (κ3) is 4.62. The van der Waals surface area contributed by atoms with Crippen molar-refractivity contribution in [3.63, 3.8) is 0 Å². The lowest BCUT2D eigenvalue weighted by molar-refractivity contribution is -0.123. The van der Waals surface area contributed by atoms with E-state index in [1.54, 1.807) is 0 Å². The second-order valence-corrected chi connectivity index (χ2v) is 6.14. The molecule has 0 spiro atoms. The second kappa shape index (κ2) is 7.06. The average Bonchev–Trinajstić information content (AvgIpc) is 2.92. The van der Waals surface area contributed by atoms with Crippen LogP contribution in [-0.2, 0) is 11.2 Å². The van der Waals surface area contributed by atoms with Gasteiger partial charge in [-0.25, -0.2) is 0 Å². The lowest BCUT2D eigenvalue weighted by Gasteiger charge is -2.17. The molecule has 4 heteroatoms. The Bertz CT molecular complexity index is 413. The van der Waals surface area contributed by atoms with Gasteiger partial charge < -0.3 is 10.6 Å². The zero-order valence-corrected chi connectivity index (χ0v) is 12.9. The van der Waals surface area contributed by atoms with Crippen LogP contribution in [-0.4, -0.2) is 24.5 Å². The van der Waals surface area contributed by atoms with Crippen LogP contribution in [0.1, 0.15) is 31.7 Å². The number of aryl methyl sites for hydroxylation is 1. The summed E-state index contributed by atoms with van der Waals surface area (Å²) in [5, 5.41) is 6.32. The van der Waals surface area contributed by atoms with Crippen molar-refractivity contribution in [1.82, 2.24) is 10.6 Å². The van der Waals surface area contributed by atoms with E-state index in [1.807, 2.05) is 0 Å². The van der Waals surface area contributed by atoms with Crippen LogP contribution in [0.4, 0.5) is 0 Å². The molecule has 1 aromatic rings. The zero-order valence-electron chi connectivity index (χ0n) is 11.3. The summed E-state index contributed by atoms with van der Waals surface area (Å²) in [7, 11) is 0. The number of halogens is 1. The van der Waals surface area contributed by atoms with Crippen LogP contribution in [0.2, 0.25) is 0 Å². The van der Waals surface area contributed by atoms with Crippen LogP contribution in [0.15, 0.2) is 28.7 Å². The van der Waals surface area contributed by atoms with Gasteiger partial charge in [-0.3, -0.25) is 4.79 Å². The van der Waals surface area contributed by atoms with Crippen molar-refractivity contribution < 1.29 is 4.79 Å². The fourth-order valence-corrected chi connectivity index (χ4v) is 2.62. The van der Waals surface area contributed by atoms with Crippen molar-refractivity contribution in [3.05, 3.63) is 34.3 Å². The topological polar surface area (TPSA) is 41.1 Å². The van der Waals surface area contributed by atoms with Crippen molar-refractivity contribution in [2.45, 2.75) is 44.7 Å². The molecule has 2 unspecified atom stereocenters. The number of nitrogens with one attached hydrogen (secondary N) is 2. The smallest absolute Gasteiger partial charge is 0.237 e. The fourth-order valence-electron chi connectivity index (χ4n) is 2.36. The molecule has 1 saturated heterocycles. The fraction of sp³-hybridized carbons (Fsp3) is 0.533. The lowest BCUT2D eigenvalue weighted by Crippen LogP contribution is -2.44. The molecule has 0 aromatic heterocycles. The van der Waals surface area contributed by atoms with E-state index < -0.39 is 0 Å². The van der Waals surface area contributed by atoms with Gasteiger partial charge in [0.1, 0.15) is 0 Å². The minimum absolute atomic E-state index is 0.0233. The summed E-state index contributed by atoms with van der Waals surface area (Å²) in [5.74, 6) is 0.154. The van der Waals surface area contributed by atoms with Gasteiger partial charge in [-0.15, -0.1) is 0 Å². The highest BCUT2D eigenvalue weighted by molar-refractivity contribution is 9.10. The van der Waals surface area contributed by atoms with E-state index in [2.05, 4.69) is 57.8 Å². The highest BCUT2D eigenvalue weighted by Crippen LogP contribution is 2.12. The molecule has 1 heterocycles. The largest absolute Gasteiger partial charge is 0.352 e. The first kappa shape index (κ1) is 14.5. The van der Waals surface area contributed by atoms with E-state index in [0.29, 0.717) is 0 Å². The van der Waals surface area contributed by atoms with Gasteiger partial charge in [0, 0.05) is 10.5 Å². The summed E-state index contributed by atoms with van der Waals surface area (Å²) in [4.78, 5) is 11.9. The Hall–Kier alpha value is -0.870. The van der Waals surface area contributed by atoms with Crippen molar-refractivity contribution in [2.75, 3.05) is 6.54 Å². The third-order valence-corrected chi connectivity index (χ3v) is 4.07. The van der Waals surface area contributed by atoms with Crippen LogP contribution >= 0.6 is 15.9 Å². The van der Waals surface area contributed by atoms with Gasteiger partial charge in [-0.2, -0.15) is 0 Å². The predicted molar refractivity (Wildman–Crippen MR) is 81.1 cm³/mol. The molecule has 3 nitrogen and oxygen atoms in total. The van der Waals surface area contributed by atoms with Crippen molar-refractivity contribution in [2.24, 2.45) is 0 Å². The zero-order chi connectivity index (χ0) is 13.7. The molecule has 0 bridgehead atoms. The third-order valence-electron chi connectivity index (χ3n) is 3.54. The molecule has 1 aromatic carbocycles. The lowest BCUT2D eigenvalue weighted by atomic mass is 10.1. The van der Waals surface area contributed by atoms with E-state index in [0.717, 1.165) is 36.7 Å². The highest BCUT2D eigenvalue weighted by Gasteiger charge is 2.22. The summed E-state index contributed by atoms with van der Waals surface area (Å²) in [6.07, 6.45) is 4.03. The molecule has 2 rings (SSSR count). The molecule has 2 atom stereocenters. The van der Waals surface area contributed by atoms with Crippen LogP contribution in [0, 0.1) is 0 Å². The van der Waals surface area contributed by atoms with E-state index in [-0.39, 0.29) is 18.0 Å². The number of hydrogen-bond acceptors (Lipinski definition) is 2. The minimum Gasteiger partial charge on any atom is -0.352 e. The van der Waals surface area contributed by atoms with Crippen LogP contribution in [0.5, 0.6) is 0 Å². The van der Waals surface area contributed by atoms with Gasteiger partial charge in [0.15, 0.2) is 0 Å². The normalized spacial score (nSPS) is 20.2.